The highest BCUT2D eigenvalue weighted by atomic mass is 16.3. The molecule has 0 aromatic heterocycles. The molecule has 4 rings (SSSR count). The molecule has 4 aliphatic carbocycles. The zero-order chi connectivity index (χ0) is 20.3. The number of hydrogen-bond acceptors (Lipinski definition) is 2. The molecule has 1 N–H and O–H groups in total. The molecule has 7 atom stereocenters. The average molecular weight is 387 g/mol. The van der Waals surface area contributed by atoms with E-state index in [1.54, 1.807) is 0 Å². The molecule has 4 aliphatic rings. The fraction of sp³-hybridized carbons (Fsp3) is 0.885. The molecule has 3 fully saturated rings. The van der Waals surface area contributed by atoms with E-state index in [-0.39, 0.29) is 0 Å². The van der Waals surface area contributed by atoms with Gasteiger partial charge in [-0.1, -0.05) is 26.3 Å². The van der Waals surface area contributed by atoms with Gasteiger partial charge in [-0.15, -0.1) is 0 Å². The highest BCUT2D eigenvalue weighted by molar-refractivity contribution is 5.91. The highest BCUT2D eigenvalue weighted by Crippen LogP contribution is 2.67. The summed E-state index contributed by atoms with van der Waals surface area (Å²) in [5.41, 5.74) is 1.73. The number of allylic oxidation sites excluding steroid dienone is 1. The second-order valence-corrected chi connectivity index (χ2v) is 12.0. The number of carbonyl (C=O) groups is 1. The molecule has 0 radical (unpaired) electrons. The number of hydrogen-bond donors (Lipinski definition) is 1. The topological polar surface area (TPSA) is 37.3 Å². The summed E-state index contributed by atoms with van der Waals surface area (Å²) < 4.78 is 0. The summed E-state index contributed by atoms with van der Waals surface area (Å²) in [6.45, 7) is 11.5. The number of ketones is 1. The summed E-state index contributed by atoms with van der Waals surface area (Å²) in [7, 11) is 0. The van der Waals surface area contributed by atoms with Crippen LogP contribution in [-0.2, 0) is 4.79 Å². The van der Waals surface area contributed by atoms with Crippen LogP contribution in [0.5, 0.6) is 0 Å². The van der Waals surface area contributed by atoms with Crippen molar-refractivity contribution in [3.05, 3.63) is 11.6 Å². The first-order valence-electron chi connectivity index (χ1n) is 12.0. The quantitative estimate of drug-likeness (QED) is 0.613. The van der Waals surface area contributed by atoms with E-state index in [0.29, 0.717) is 22.5 Å². The van der Waals surface area contributed by atoms with Crippen molar-refractivity contribution < 1.29 is 9.90 Å². The molecule has 158 valence electrons. The molecule has 2 nitrogen and oxygen atoms in total. The molecule has 3 unspecified atom stereocenters. The Morgan fingerprint density at radius 3 is 2.57 bits per heavy atom. The van der Waals surface area contributed by atoms with Crippen LogP contribution in [0.2, 0.25) is 0 Å². The van der Waals surface area contributed by atoms with Crippen LogP contribution in [0.3, 0.4) is 0 Å². The first kappa shape index (κ1) is 20.6. The Balaban J connectivity index is 1.52. The van der Waals surface area contributed by atoms with Gasteiger partial charge in [0.15, 0.2) is 5.78 Å². The Labute approximate surface area is 172 Å². The van der Waals surface area contributed by atoms with Crippen LogP contribution in [0.4, 0.5) is 0 Å². The molecule has 0 heterocycles. The van der Waals surface area contributed by atoms with Gasteiger partial charge in [-0.25, -0.2) is 0 Å². The number of rotatable bonds is 4. The number of aliphatic hydroxyl groups is 1. The van der Waals surface area contributed by atoms with Gasteiger partial charge in [0.2, 0.25) is 0 Å². The average Bonchev–Trinajstić information content (AvgIpc) is 2.97. The van der Waals surface area contributed by atoms with Crippen LogP contribution < -0.4 is 0 Å². The van der Waals surface area contributed by atoms with Crippen molar-refractivity contribution in [3.8, 4) is 0 Å². The summed E-state index contributed by atoms with van der Waals surface area (Å²) >= 11 is 0. The SMILES string of the molecule is C[C@H](CCC(C)(C)O)[C@H]1CCC2C3CCC4=CC(=O)CC[C@]4(C)C3CC[C@@]21C. The molecule has 0 aromatic rings. The van der Waals surface area contributed by atoms with E-state index < -0.39 is 5.60 Å². The van der Waals surface area contributed by atoms with Crippen LogP contribution in [0.1, 0.15) is 98.8 Å². The van der Waals surface area contributed by atoms with Crippen molar-refractivity contribution in [3.63, 3.8) is 0 Å². The standard InChI is InChI=1S/C26H42O2/c1-17(10-13-24(2,3)28)21-8-9-22-20-7-6-18-16-19(27)11-14-25(18,4)23(20)12-15-26(21,22)5/h16-17,20-23,28H,6-15H2,1-5H3/t17-,20?,21-,22?,23?,25+,26-/m1/s1. The minimum atomic E-state index is -0.538. The molecule has 0 amide bonds. The molecular weight excluding hydrogens is 344 g/mol. The lowest BCUT2D eigenvalue weighted by Crippen LogP contribution is -2.51. The monoisotopic (exact) mass is 386 g/mol. The lowest BCUT2D eigenvalue weighted by molar-refractivity contribution is -0.117. The summed E-state index contributed by atoms with van der Waals surface area (Å²) in [6, 6.07) is 0. The van der Waals surface area contributed by atoms with Crippen molar-refractivity contribution in [2.45, 2.75) is 104 Å². The van der Waals surface area contributed by atoms with Crippen LogP contribution >= 0.6 is 0 Å². The van der Waals surface area contributed by atoms with E-state index in [1.807, 2.05) is 19.9 Å². The van der Waals surface area contributed by atoms with Crippen molar-refractivity contribution in [1.29, 1.82) is 0 Å². The van der Waals surface area contributed by atoms with E-state index in [4.69, 9.17) is 0 Å². The Morgan fingerprint density at radius 1 is 1.11 bits per heavy atom. The Bertz CT molecular complexity index is 656. The second-order valence-electron chi connectivity index (χ2n) is 12.0. The maximum absolute atomic E-state index is 12.0. The Hall–Kier alpha value is -0.630. The molecule has 0 spiro atoms. The summed E-state index contributed by atoms with van der Waals surface area (Å²) in [4.78, 5) is 12.0. The van der Waals surface area contributed by atoms with Gasteiger partial charge in [0.25, 0.3) is 0 Å². The number of fused-ring (bicyclic) bond motifs is 5. The van der Waals surface area contributed by atoms with Gasteiger partial charge in [-0.2, -0.15) is 0 Å². The van der Waals surface area contributed by atoms with E-state index in [0.717, 1.165) is 55.8 Å². The first-order valence-corrected chi connectivity index (χ1v) is 12.0. The molecular formula is C26H42O2. The molecule has 0 aromatic carbocycles. The molecule has 3 saturated carbocycles. The molecule has 28 heavy (non-hydrogen) atoms. The van der Waals surface area contributed by atoms with Gasteiger partial charge in [0.05, 0.1) is 5.60 Å². The molecule has 0 aliphatic heterocycles. The van der Waals surface area contributed by atoms with Gasteiger partial charge in [-0.05, 0) is 118 Å². The molecule has 2 heteroatoms. The van der Waals surface area contributed by atoms with Crippen LogP contribution in [-0.4, -0.2) is 16.5 Å². The summed E-state index contributed by atoms with van der Waals surface area (Å²) in [5, 5.41) is 10.2. The van der Waals surface area contributed by atoms with E-state index in [2.05, 4.69) is 20.8 Å². The van der Waals surface area contributed by atoms with Gasteiger partial charge < -0.3 is 5.11 Å². The van der Waals surface area contributed by atoms with E-state index in [9.17, 15) is 9.90 Å². The van der Waals surface area contributed by atoms with Gasteiger partial charge >= 0.3 is 0 Å². The minimum Gasteiger partial charge on any atom is -0.390 e. The third-order valence-electron chi connectivity index (χ3n) is 9.93. The van der Waals surface area contributed by atoms with Crippen LogP contribution in [0, 0.1) is 40.4 Å². The fourth-order valence-electron chi connectivity index (χ4n) is 8.32. The second kappa shape index (κ2) is 6.96. The predicted molar refractivity (Wildman–Crippen MR) is 115 cm³/mol. The summed E-state index contributed by atoms with van der Waals surface area (Å²) in [6.07, 6.45) is 13.9. The minimum absolute atomic E-state index is 0.294. The van der Waals surface area contributed by atoms with Crippen molar-refractivity contribution in [1.82, 2.24) is 0 Å². The maximum Gasteiger partial charge on any atom is 0.155 e. The van der Waals surface area contributed by atoms with Crippen molar-refractivity contribution in [2.24, 2.45) is 40.4 Å². The highest BCUT2D eigenvalue weighted by Gasteiger charge is 2.59. The van der Waals surface area contributed by atoms with Crippen molar-refractivity contribution >= 4 is 5.78 Å². The Kier molecular flexibility index (Phi) is 5.13. The number of carbonyl (C=O) groups excluding carboxylic acids is 1. The third-order valence-corrected chi connectivity index (χ3v) is 9.93. The maximum atomic E-state index is 12.0. The third kappa shape index (κ3) is 3.32. The normalized spacial score (nSPS) is 44.4. The van der Waals surface area contributed by atoms with Crippen molar-refractivity contribution in [2.75, 3.05) is 0 Å². The first-order chi connectivity index (χ1) is 13.0. The lowest BCUT2D eigenvalue weighted by atomic mass is 9.46. The van der Waals surface area contributed by atoms with Crippen LogP contribution in [0.25, 0.3) is 0 Å². The van der Waals surface area contributed by atoms with E-state index in [1.165, 1.54) is 37.7 Å². The molecule has 0 saturated heterocycles. The van der Waals surface area contributed by atoms with Gasteiger partial charge in [-0.3, -0.25) is 4.79 Å². The molecule has 0 bridgehead atoms. The zero-order valence-corrected chi connectivity index (χ0v) is 18.9. The lowest BCUT2D eigenvalue weighted by Gasteiger charge is -2.58. The van der Waals surface area contributed by atoms with Gasteiger partial charge in [0, 0.05) is 6.42 Å². The largest absolute Gasteiger partial charge is 0.390 e. The smallest absolute Gasteiger partial charge is 0.155 e. The van der Waals surface area contributed by atoms with E-state index >= 15 is 0 Å². The summed E-state index contributed by atoms with van der Waals surface area (Å²) in [5.74, 6) is 4.42. The zero-order valence-electron chi connectivity index (χ0n) is 18.9. The predicted octanol–water partition coefficient (Wildman–Crippen LogP) is 6.32. The Morgan fingerprint density at radius 2 is 1.86 bits per heavy atom. The fourth-order valence-corrected chi connectivity index (χ4v) is 8.32. The van der Waals surface area contributed by atoms with Gasteiger partial charge in [0.1, 0.15) is 0 Å². The van der Waals surface area contributed by atoms with Crippen LogP contribution in [0.15, 0.2) is 11.6 Å².